The number of amides is 1. The molecule has 0 spiro atoms. The lowest BCUT2D eigenvalue weighted by molar-refractivity contribution is -0.142. The van der Waals surface area contributed by atoms with E-state index in [9.17, 15) is 9.59 Å². The lowest BCUT2D eigenvalue weighted by Gasteiger charge is -2.16. The highest BCUT2D eigenvalue weighted by Gasteiger charge is 2.21. The van der Waals surface area contributed by atoms with Crippen molar-refractivity contribution in [2.24, 2.45) is 0 Å². The molecule has 2 N–H and O–H groups in total. The molecule has 0 fully saturated rings. The second-order valence-corrected chi connectivity index (χ2v) is 4.92. The first-order valence-corrected chi connectivity index (χ1v) is 7.25. The molecule has 122 valence electrons. The number of aliphatic carboxylic acids is 1. The summed E-state index contributed by atoms with van der Waals surface area (Å²) in [4.78, 5) is 23.3. The fraction of sp³-hybridized carbons (Fsp3) is 0.500. The number of nitrogens with one attached hydrogen (secondary N) is 1. The van der Waals surface area contributed by atoms with Crippen LogP contribution in [-0.2, 0) is 16.0 Å². The zero-order valence-corrected chi connectivity index (χ0v) is 13.2. The maximum atomic E-state index is 12.1. The maximum Gasteiger partial charge on any atom is 0.326 e. The molecule has 0 unspecified atom stereocenters. The minimum absolute atomic E-state index is 0.00307. The standard InChI is InChI=1S/C16H23NO5/c1-4-5-7-12(16(19)20)17-15(18)10-11-13(21-2)8-6-9-14(11)22-3/h6,8-9,12H,4-5,7,10H2,1-3H3,(H,17,18)(H,19,20)/t12-/m0/s1. The van der Waals surface area contributed by atoms with Crippen molar-refractivity contribution in [2.75, 3.05) is 14.2 Å². The van der Waals surface area contributed by atoms with E-state index in [0.29, 0.717) is 23.5 Å². The largest absolute Gasteiger partial charge is 0.496 e. The van der Waals surface area contributed by atoms with Crippen LogP contribution in [0.5, 0.6) is 11.5 Å². The molecule has 22 heavy (non-hydrogen) atoms. The molecule has 1 rings (SSSR count). The van der Waals surface area contributed by atoms with Gasteiger partial charge in [-0.05, 0) is 18.6 Å². The molecule has 1 aromatic rings. The van der Waals surface area contributed by atoms with Crippen LogP contribution in [0.2, 0.25) is 0 Å². The van der Waals surface area contributed by atoms with Crippen molar-refractivity contribution < 1.29 is 24.2 Å². The molecule has 0 bridgehead atoms. The normalized spacial score (nSPS) is 11.6. The molecule has 1 atom stereocenters. The van der Waals surface area contributed by atoms with Gasteiger partial charge in [-0.25, -0.2) is 4.79 Å². The first-order valence-electron chi connectivity index (χ1n) is 7.25. The van der Waals surface area contributed by atoms with Crippen LogP contribution in [0.25, 0.3) is 0 Å². The van der Waals surface area contributed by atoms with Gasteiger partial charge in [-0.2, -0.15) is 0 Å². The molecular formula is C16H23NO5. The van der Waals surface area contributed by atoms with Crippen molar-refractivity contribution in [1.29, 1.82) is 0 Å². The van der Waals surface area contributed by atoms with Crippen molar-refractivity contribution in [2.45, 2.75) is 38.6 Å². The Labute approximate surface area is 130 Å². The third-order valence-corrected chi connectivity index (χ3v) is 3.35. The Kier molecular flexibility index (Phi) is 7.22. The smallest absolute Gasteiger partial charge is 0.326 e. The number of hydrogen-bond donors (Lipinski definition) is 2. The Balaban J connectivity index is 2.81. The zero-order valence-electron chi connectivity index (χ0n) is 13.2. The van der Waals surface area contributed by atoms with E-state index in [4.69, 9.17) is 14.6 Å². The second kappa shape index (κ2) is 8.92. The minimum atomic E-state index is -1.02. The van der Waals surface area contributed by atoms with Gasteiger partial charge in [-0.15, -0.1) is 0 Å². The van der Waals surface area contributed by atoms with E-state index in [0.717, 1.165) is 12.8 Å². The zero-order chi connectivity index (χ0) is 16.5. The van der Waals surface area contributed by atoms with Crippen molar-refractivity contribution >= 4 is 11.9 Å². The average Bonchev–Trinajstić information content (AvgIpc) is 2.51. The lowest BCUT2D eigenvalue weighted by atomic mass is 10.1. The molecule has 6 heteroatoms. The summed E-state index contributed by atoms with van der Waals surface area (Å²) in [6, 6.07) is 4.36. The van der Waals surface area contributed by atoms with Gasteiger partial charge in [-0.1, -0.05) is 25.8 Å². The molecule has 0 aliphatic rings. The van der Waals surface area contributed by atoms with Gasteiger partial charge >= 0.3 is 5.97 Å². The highest BCUT2D eigenvalue weighted by Crippen LogP contribution is 2.28. The van der Waals surface area contributed by atoms with Crippen molar-refractivity contribution in [3.8, 4) is 11.5 Å². The molecule has 0 aliphatic carbocycles. The van der Waals surface area contributed by atoms with Gasteiger partial charge in [0.1, 0.15) is 17.5 Å². The first kappa shape index (κ1) is 17.8. The maximum absolute atomic E-state index is 12.1. The Bertz CT molecular complexity index is 493. The van der Waals surface area contributed by atoms with E-state index < -0.39 is 12.0 Å². The monoisotopic (exact) mass is 309 g/mol. The van der Waals surface area contributed by atoms with Gasteiger partial charge in [0, 0.05) is 5.56 Å². The van der Waals surface area contributed by atoms with E-state index >= 15 is 0 Å². The van der Waals surface area contributed by atoms with Crippen LogP contribution in [0.15, 0.2) is 18.2 Å². The average molecular weight is 309 g/mol. The molecular weight excluding hydrogens is 286 g/mol. The highest BCUT2D eigenvalue weighted by molar-refractivity contribution is 5.85. The third kappa shape index (κ3) is 4.95. The van der Waals surface area contributed by atoms with Crippen LogP contribution in [0.3, 0.4) is 0 Å². The quantitative estimate of drug-likeness (QED) is 0.729. The first-order chi connectivity index (χ1) is 10.5. The van der Waals surface area contributed by atoms with Crippen LogP contribution >= 0.6 is 0 Å². The van der Waals surface area contributed by atoms with Gasteiger partial charge in [-0.3, -0.25) is 4.79 Å². The lowest BCUT2D eigenvalue weighted by Crippen LogP contribution is -2.41. The summed E-state index contributed by atoms with van der Waals surface area (Å²) in [7, 11) is 3.02. The number of carboxylic acid groups (broad SMARTS) is 1. The number of rotatable bonds is 9. The summed E-state index contributed by atoms with van der Waals surface area (Å²) in [5.41, 5.74) is 0.602. The number of carboxylic acids is 1. The van der Waals surface area contributed by atoms with Crippen molar-refractivity contribution in [3.63, 3.8) is 0 Å². The van der Waals surface area contributed by atoms with Gasteiger partial charge in [0.05, 0.1) is 20.6 Å². The SMILES string of the molecule is CCCC[C@H](NC(=O)Cc1c(OC)cccc1OC)C(=O)O. The number of carbonyl (C=O) groups is 2. The van der Waals surface area contributed by atoms with Crippen molar-refractivity contribution in [3.05, 3.63) is 23.8 Å². The molecule has 0 saturated carbocycles. The van der Waals surface area contributed by atoms with Crippen LogP contribution in [-0.4, -0.2) is 37.2 Å². The van der Waals surface area contributed by atoms with Crippen LogP contribution in [0, 0.1) is 0 Å². The van der Waals surface area contributed by atoms with Crippen LogP contribution < -0.4 is 14.8 Å². The minimum Gasteiger partial charge on any atom is -0.496 e. The Hall–Kier alpha value is -2.24. The Morgan fingerprint density at radius 2 is 1.82 bits per heavy atom. The van der Waals surface area contributed by atoms with Gasteiger partial charge in [0.25, 0.3) is 0 Å². The molecule has 0 aromatic heterocycles. The summed E-state index contributed by atoms with van der Waals surface area (Å²) in [5.74, 6) is -0.315. The number of benzene rings is 1. The Morgan fingerprint density at radius 1 is 1.23 bits per heavy atom. The summed E-state index contributed by atoms with van der Waals surface area (Å²) in [6.07, 6.45) is 2.04. The van der Waals surface area contributed by atoms with E-state index in [1.54, 1.807) is 18.2 Å². The van der Waals surface area contributed by atoms with Gasteiger partial charge < -0.3 is 19.9 Å². The fourth-order valence-corrected chi connectivity index (χ4v) is 2.17. The number of unbranched alkanes of at least 4 members (excludes halogenated alkanes) is 1. The fourth-order valence-electron chi connectivity index (χ4n) is 2.17. The summed E-state index contributed by atoms with van der Waals surface area (Å²) in [5, 5.41) is 11.7. The van der Waals surface area contributed by atoms with E-state index in [2.05, 4.69) is 5.32 Å². The molecule has 0 saturated heterocycles. The Morgan fingerprint density at radius 3 is 2.27 bits per heavy atom. The number of ether oxygens (including phenoxy) is 2. The molecule has 0 aliphatic heterocycles. The van der Waals surface area contributed by atoms with Crippen molar-refractivity contribution in [1.82, 2.24) is 5.32 Å². The second-order valence-electron chi connectivity index (χ2n) is 4.92. The topological polar surface area (TPSA) is 84.9 Å². The molecule has 0 radical (unpaired) electrons. The molecule has 1 amide bonds. The number of carbonyl (C=O) groups excluding carboxylic acids is 1. The third-order valence-electron chi connectivity index (χ3n) is 3.35. The highest BCUT2D eigenvalue weighted by atomic mass is 16.5. The molecule has 6 nitrogen and oxygen atoms in total. The van der Waals surface area contributed by atoms with Gasteiger partial charge in [0.2, 0.25) is 5.91 Å². The number of methoxy groups -OCH3 is 2. The predicted octanol–water partition coefficient (Wildman–Crippen LogP) is 2.01. The summed E-state index contributed by atoms with van der Waals surface area (Å²) >= 11 is 0. The number of hydrogen-bond acceptors (Lipinski definition) is 4. The van der Waals surface area contributed by atoms with Crippen LogP contribution in [0.1, 0.15) is 31.7 Å². The molecule has 1 aromatic carbocycles. The summed E-state index contributed by atoms with van der Waals surface area (Å²) < 4.78 is 10.5. The molecule has 0 heterocycles. The van der Waals surface area contributed by atoms with Gasteiger partial charge in [0.15, 0.2) is 0 Å². The summed E-state index contributed by atoms with van der Waals surface area (Å²) in [6.45, 7) is 1.97. The predicted molar refractivity (Wildman–Crippen MR) is 82.3 cm³/mol. The van der Waals surface area contributed by atoms with E-state index in [1.807, 2.05) is 6.92 Å². The van der Waals surface area contributed by atoms with E-state index in [1.165, 1.54) is 14.2 Å². The van der Waals surface area contributed by atoms with E-state index in [-0.39, 0.29) is 12.3 Å². The van der Waals surface area contributed by atoms with Crippen LogP contribution in [0.4, 0.5) is 0 Å².